The fraction of sp³-hybridized carbons (Fsp3) is 0.130. The Morgan fingerprint density at radius 3 is 2.47 bits per heavy atom. The molecule has 3 aromatic rings. The Labute approximate surface area is 177 Å². The zero-order valence-electron chi connectivity index (χ0n) is 16.3. The number of carbonyl (C=O) groups is 2. The molecule has 152 valence electrons. The number of anilines is 1. The van der Waals surface area contributed by atoms with E-state index in [1.54, 1.807) is 54.6 Å². The topological polar surface area (TPSA) is 80.0 Å². The maximum Gasteiger partial charge on any atom is 0.300 e. The van der Waals surface area contributed by atoms with Crippen LogP contribution in [0.3, 0.4) is 0 Å². The zero-order valence-corrected chi connectivity index (χ0v) is 17.0. The van der Waals surface area contributed by atoms with E-state index in [0.717, 1.165) is 5.56 Å². The number of nitrogens with zero attached hydrogens (tertiary/aromatic N) is 1. The third kappa shape index (κ3) is 3.25. The van der Waals surface area contributed by atoms with E-state index in [2.05, 4.69) is 0 Å². The van der Waals surface area contributed by atoms with Crippen molar-refractivity contribution in [2.75, 3.05) is 12.0 Å². The number of amides is 1. The van der Waals surface area contributed by atoms with Gasteiger partial charge in [-0.3, -0.25) is 14.5 Å². The van der Waals surface area contributed by atoms with Gasteiger partial charge < -0.3 is 14.3 Å². The van der Waals surface area contributed by atoms with Crippen LogP contribution in [0.4, 0.5) is 5.69 Å². The van der Waals surface area contributed by atoms with E-state index >= 15 is 0 Å². The maximum atomic E-state index is 13.0. The molecule has 0 aliphatic carbocycles. The maximum absolute atomic E-state index is 13.0. The lowest BCUT2D eigenvalue weighted by molar-refractivity contribution is -0.132. The molecule has 1 aliphatic rings. The molecule has 30 heavy (non-hydrogen) atoms. The highest BCUT2D eigenvalue weighted by Crippen LogP contribution is 2.43. The molecular weight excluding hydrogens is 406 g/mol. The van der Waals surface area contributed by atoms with Gasteiger partial charge in [-0.1, -0.05) is 17.7 Å². The molecule has 6 nitrogen and oxygen atoms in total. The number of aryl methyl sites for hydroxylation is 1. The summed E-state index contributed by atoms with van der Waals surface area (Å²) < 4.78 is 10.7. The molecule has 0 radical (unpaired) electrons. The third-order valence-electron chi connectivity index (χ3n) is 5.05. The highest BCUT2D eigenvalue weighted by Gasteiger charge is 2.48. The summed E-state index contributed by atoms with van der Waals surface area (Å²) in [6, 6.07) is 14.0. The van der Waals surface area contributed by atoms with Gasteiger partial charge in [0.2, 0.25) is 0 Å². The number of rotatable bonds is 4. The molecule has 0 spiro atoms. The van der Waals surface area contributed by atoms with Crippen LogP contribution in [0.15, 0.2) is 70.9 Å². The molecule has 1 saturated heterocycles. The van der Waals surface area contributed by atoms with E-state index in [-0.39, 0.29) is 11.3 Å². The minimum atomic E-state index is -0.930. The summed E-state index contributed by atoms with van der Waals surface area (Å²) in [7, 11) is 1.53. The molecule has 1 amide bonds. The number of aliphatic hydroxyl groups excluding tert-OH is 1. The van der Waals surface area contributed by atoms with Crippen LogP contribution < -0.4 is 9.64 Å². The van der Waals surface area contributed by atoms with Crippen molar-refractivity contribution in [1.82, 2.24) is 0 Å². The van der Waals surface area contributed by atoms with Crippen molar-refractivity contribution in [3.8, 4) is 5.75 Å². The molecular formula is C23H18ClNO5. The third-order valence-corrected chi connectivity index (χ3v) is 5.46. The number of ketones is 1. The van der Waals surface area contributed by atoms with E-state index in [4.69, 9.17) is 20.8 Å². The van der Waals surface area contributed by atoms with Crippen molar-refractivity contribution in [3.05, 3.63) is 88.3 Å². The summed E-state index contributed by atoms with van der Waals surface area (Å²) in [6.45, 7) is 1.84. The van der Waals surface area contributed by atoms with Gasteiger partial charge in [0.25, 0.3) is 11.7 Å². The molecule has 1 atom stereocenters. The van der Waals surface area contributed by atoms with Crippen molar-refractivity contribution in [3.63, 3.8) is 0 Å². The molecule has 1 aliphatic heterocycles. The van der Waals surface area contributed by atoms with E-state index in [0.29, 0.717) is 27.8 Å². The molecule has 4 rings (SSSR count). The second-order valence-corrected chi connectivity index (χ2v) is 7.25. The predicted molar refractivity (Wildman–Crippen MR) is 113 cm³/mol. The summed E-state index contributed by atoms with van der Waals surface area (Å²) in [5, 5.41) is 11.4. The van der Waals surface area contributed by atoms with Crippen molar-refractivity contribution in [2.45, 2.75) is 13.0 Å². The smallest absolute Gasteiger partial charge is 0.300 e. The number of hydrogen-bond donors (Lipinski definition) is 1. The van der Waals surface area contributed by atoms with Crippen LogP contribution in [-0.4, -0.2) is 23.9 Å². The minimum absolute atomic E-state index is 0.0585. The number of methoxy groups -OCH3 is 1. The Morgan fingerprint density at radius 2 is 1.87 bits per heavy atom. The first-order chi connectivity index (χ1) is 14.4. The standard InChI is InChI=1S/C23H18ClNO5/c1-13-5-8-15(12-17(13)24)25-20(18-4-3-11-30-18)19(22(27)23(25)28)21(26)14-6-9-16(29-2)10-7-14/h3-12,20,26H,1-2H3/b21-19-. The van der Waals surface area contributed by atoms with Crippen LogP contribution in [0.2, 0.25) is 5.02 Å². The second-order valence-electron chi connectivity index (χ2n) is 6.85. The summed E-state index contributed by atoms with van der Waals surface area (Å²) in [5.74, 6) is -0.921. The number of benzene rings is 2. The Kier molecular flexibility index (Phi) is 5.10. The Bertz CT molecular complexity index is 1150. The minimum Gasteiger partial charge on any atom is -0.507 e. The van der Waals surface area contributed by atoms with Gasteiger partial charge in [-0.25, -0.2) is 0 Å². The normalized spacial score (nSPS) is 18.1. The fourth-order valence-electron chi connectivity index (χ4n) is 3.45. The lowest BCUT2D eigenvalue weighted by atomic mass is 9.99. The van der Waals surface area contributed by atoms with E-state index in [1.807, 2.05) is 6.92 Å². The average molecular weight is 424 g/mol. The van der Waals surface area contributed by atoms with Gasteiger partial charge in [-0.05, 0) is 61.0 Å². The van der Waals surface area contributed by atoms with E-state index in [9.17, 15) is 14.7 Å². The van der Waals surface area contributed by atoms with Crippen LogP contribution in [-0.2, 0) is 9.59 Å². The molecule has 7 heteroatoms. The van der Waals surface area contributed by atoms with Gasteiger partial charge >= 0.3 is 0 Å². The molecule has 1 N–H and O–H groups in total. The molecule has 2 aromatic carbocycles. The summed E-state index contributed by atoms with van der Waals surface area (Å²) in [5.41, 5.74) is 1.59. The Balaban J connectivity index is 1.90. The number of aliphatic hydroxyl groups is 1. The van der Waals surface area contributed by atoms with E-state index in [1.165, 1.54) is 18.3 Å². The largest absolute Gasteiger partial charge is 0.507 e. The van der Waals surface area contributed by atoms with Gasteiger partial charge in [0, 0.05) is 16.3 Å². The van der Waals surface area contributed by atoms with Crippen molar-refractivity contribution in [1.29, 1.82) is 0 Å². The highest BCUT2D eigenvalue weighted by molar-refractivity contribution is 6.51. The van der Waals surface area contributed by atoms with Gasteiger partial charge in [-0.15, -0.1) is 0 Å². The first-order valence-corrected chi connectivity index (χ1v) is 9.55. The number of halogens is 1. The number of Topliss-reactive ketones (excluding diaryl/α,β-unsaturated/α-hetero) is 1. The molecule has 1 fully saturated rings. The van der Waals surface area contributed by atoms with Crippen LogP contribution in [0.5, 0.6) is 5.75 Å². The average Bonchev–Trinajstić information content (AvgIpc) is 3.37. The lowest BCUT2D eigenvalue weighted by Crippen LogP contribution is -2.29. The fourth-order valence-corrected chi connectivity index (χ4v) is 3.63. The SMILES string of the molecule is COc1ccc(/C(O)=C2/C(=O)C(=O)N(c3ccc(C)c(Cl)c3)C2c2ccco2)cc1. The van der Waals surface area contributed by atoms with Crippen molar-refractivity contribution >= 4 is 34.7 Å². The lowest BCUT2D eigenvalue weighted by Gasteiger charge is -2.23. The quantitative estimate of drug-likeness (QED) is 0.367. The molecule has 2 heterocycles. The molecule has 0 bridgehead atoms. The summed E-state index contributed by atoms with van der Waals surface area (Å²) in [4.78, 5) is 27.2. The van der Waals surface area contributed by atoms with Crippen molar-refractivity contribution < 1.29 is 23.8 Å². The van der Waals surface area contributed by atoms with Crippen LogP contribution >= 0.6 is 11.6 Å². The van der Waals surface area contributed by atoms with Gasteiger partial charge in [0.1, 0.15) is 23.3 Å². The molecule has 1 aromatic heterocycles. The van der Waals surface area contributed by atoms with Crippen LogP contribution in [0.25, 0.3) is 5.76 Å². The Morgan fingerprint density at radius 1 is 1.13 bits per heavy atom. The van der Waals surface area contributed by atoms with E-state index < -0.39 is 17.7 Å². The first kappa shape index (κ1) is 19.8. The van der Waals surface area contributed by atoms with Gasteiger partial charge in [0.05, 0.1) is 18.9 Å². The highest BCUT2D eigenvalue weighted by atomic mass is 35.5. The summed E-state index contributed by atoms with van der Waals surface area (Å²) >= 11 is 6.25. The van der Waals surface area contributed by atoms with Crippen LogP contribution in [0.1, 0.15) is 22.9 Å². The molecule has 1 unspecified atom stereocenters. The Hall–Kier alpha value is -3.51. The van der Waals surface area contributed by atoms with Gasteiger partial charge in [0.15, 0.2) is 0 Å². The number of furan rings is 1. The molecule has 0 saturated carbocycles. The number of hydrogen-bond acceptors (Lipinski definition) is 5. The van der Waals surface area contributed by atoms with Crippen LogP contribution in [0, 0.1) is 6.92 Å². The second kappa shape index (κ2) is 7.72. The number of carbonyl (C=O) groups excluding carboxylic acids is 2. The first-order valence-electron chi connectivity index (χ1n) is 9.17. The van der Waals surface area contributed by atoms with Crippen molar-refractivity contribution in [2.24, 2.45) is 0 Å². The predicted octanol–water partition coefficient (Wildman–Crippen LogP) is 4.88. The summed E-state index contributed by atoms with van der Waals surface area (Å²) in [6.07, 6.45) is 1.45. The number of ether oxygens (including phenoxy) is 1. The monoisotopic (exact) mass is 423 g/mol. The van der Waals surface area contributed by atoms with Gasteiger partial charge in [-0.2, -0.15) is 0 Å². The zero-order chi connectivity index (χ0) is 21.4.